The van der Waals surface area contributed by atoms with Gasteiger partial charge in [-0.25, -0.2) is 0 Å². The maximum atomic E-state index is 10.0. The predicted octanol–water partition coefficient (Wildman–Crippen LogP) is 4.22. The number of aryl methyl sites for hydroxylation is 1. The Morgan fingerprint density at radius 2 is 1.78 bits per heavy atom. The zero-order valence-electron chi connectivity index (χ0n) is 14.4. The summed E-state index contributed by atoms with van der Waals surface area (Å²) >= 11 is 0. The van der Waals surface area contributed by atoms with Crippen LogP contribution in [0.3, 0.4) is 0 Å². The Bertz CT molecular complexity index is 627. The number of benzene rings is 2. The fourth-order valence-electron chi connectivity index (χ4n) is 2.12. The lowest BCUT2D eigenvalue weighted by molar-refractivity contribution is 0.299. The second-order valence-corrected chi connectivity index (χ2v) is 6.82. The van der Waals surface area contributed by atoms with Crippen molar-refractivity contribution < 1.29 is 9.84 Å². The molecule has 0 aliphatic heterocycles. The van der Waals surface area contributed by atoms with Crippen molar-refractivity contribution in [3.05, 3.63) is 65.6 Å². The molecule has 123 valence electrons. The summed E-state index contributed by atoms with van der Waals surface area (Å²) in [6.07, 6.45) is 2.11. The minimum atomic E-state index is 0.0881. The summed E-state index contributed by atoms with van der Waals surface area (Å²) in [5, 5.41) is 13.4. The Morgan fingerprint density at radius 3 is 2.43 bits per heavy atom. The van der Waals surface area contributed by atoms with Crippen LogP contribution in [0.25, 0.3) is 0 Å². The van der Waals surface area contributed by atoms with Gasteiger partial charge in [0.2, 0.25) is 0 Å². The van der Waals surface area contributed by atoms with E-state index in [9.17, 15) is 5.11 Å². The molecule has 2 aromatic rings. The molecule has 0 bridgehead atoms. The van der Waals surface area contributed by atoms with Gasteiger partial charge in [0.15, 0.2) is 0 Å². The summed E-state index contributed by atoms with van der Waals surface area (Å²) in [5.74, 6) is 1.07. The number of phenolic OH excluding ortho intramolecular Hbond substituents is 1. The van der Waals surface area contributed by atoms with Gasteiger partial charge < -0.3 is 15.2 Å². The average molecular weight is 312 g/mol. The first kappa shape index (κ1) is 17.4. The highest BCUT2D eigenvalue weighted by Crippen LogP contribution is 2.22. The lowest BCUT2D eigenvalue weighted by atomic mass is 10.1. The quantitative estimate of drug-likeness (QED) is 0.839. The molecule has 0 saturated carbocycles. The molecule has 2 aromatic carbocycles. The van der Waals surface area contributed by atoms with Crippen molar-refractivity contribution in [2.75, 3.05) is 6.54 Å². The van der Waals surface area contributed by atoms with E-state index < -0.39 is 0 Å². The molecule has 0 saturated heterocycles. The van der Waals surface area contributed by atoms with Crippen molar-refractivity contribution in [3.8, 4) is 11.5 Å². The number of rotatable bonds is 6. The predicted molar refractivity (Wildman–Crippen MR) is 94.8 cm³/mol. The molecule has 2 N–H and O–H groups in total. The van der Waals surface area contributed by atoms with Gasteiger partial charge in [-0.2, -0.15) is 0 Å². The van der Waals surface area contributed by atoms with Gasteiger partial charge in [0.25, 0.3) is 0 Å². The zero-order chi connectivity index (χ0) is 16.9. The first-order chi connectivity index (χ1) is 10.8. The van der Waals surface area contributed by atoms with Crippen molar-refractivity contribution in [1.29, 1.82) is 0 Å². The average Bonchev–Trinajstić information content (AvgIpc) is 2.48. The molecule has 0 spiro atoms. The highest BCUT2D eigenvalue weighted by atomic mass is 16.5. The summed E-state index contributed by atoms with van der Waals surface area (Å²) in [7, 11) is 0. The molecule has 3 heteroatoms. The summed E-state index contributed by atoms with van der Waals surface area (Å²) in [6.45, 7) is 9.59. The van der Waals surface area contributed by atoms with Crippen LogP contribution in [0, 0.1) is 13.3 Å². The number of ether oxygens (including phenoxy) is 1. The third-order valence-corrected chi connectivity index (χ3v) is 3.49. The maximum absolute atomic E-state index is 10.0. The molecule has 0 heterocycles. The van der Waals surface area contributed by atoms with Crippen LogP contribution in [0.4, 0.5) is 0 Å². The van der Waals surface area contributed by atoms with Gasteiger partial charge >= 0.3 is 0 Å². The Labute approximate surface area is 139 Å². The highest BCUT2D eigenvalue weighted by molar-refractivity contribution is 5.39. The van der Waals surface area contributed by atoms with Crippen molar-refractivity contribution in [2.24, 2.45) is 0 Å². The topological polar surface area (TPSA) is 41.5 Å². The van der Waals surface area contributed by atoms with E-state index in [1.807, 2.05) is 43.3 Å². The van der Waals surface area contributed by atoms with Gasteiger partial charge in [-0.15, -0.1) is 0 Å². The smallest absolute Gasteiger partial charge is 0.122 e. The van der Waals surface area contributed by atoms with Gasteiger partial charge in [0.05, 0.1) is 0 Å². The van der Waals surface area contributed by atoms with Crippen LogP contribution in [0.5, 0.6) is 11.5 Å². The van der Waals surface area contributed by atoms with E-state index in [2.05, 4.69) is 32.5 Å². The van der Waals surface area contributed by atoms with Crippen LogP contribution in [0.1, 0.15) is 37.5 Å². The van der Waals surface area contributed by atoms with E-state index in [4.69, 9.17) is 4.74 Å². The van der Waals surface area contributed by atoms with E-state index >= 15 is 0 Å². The molecule has 23 heavy (non-hydrogen) atoms. The van der Waals surface area contributed by atoms with Crippen LogP contribution in [0.15, 0.2) is 42.5 Å². The Morgan fingerprint density at radius 1 is 1.09 bits per heavy atom. The normalized spacial score (nSPS) is 11.5. The molecule has 0 unspecified atom stereocenters. The number of phenols is 1. The molecule has 0 aliphatic carbocycles. The van der Waals surface area contributed by atoms with Crippen molar-refractivity contribution >= 4 is 0 Å². The van der Waals surface area contributed by atoms with E-state index in [1.54, 1.807) is 6.07 Å². The first-order valence-corrected chi connectivity index (χ1v) is 7.93. The SMILES string of the molecule is Cc1ccc(OCc2cc([CH]CNC(C)(C)C)ccc2O)cc1. The number of hydrogen-bond donors (Lipinski definition) is 2. The van der Waals surface area contributed by atoms with Crippen LogP contribution >= 0.6 is 0 Å². The second-order valence-electron chi connectivity index (χ2n) is 6.82. The van der Waals surface area contributed by atoms with E-state index in [-0.39, 0.29) is 11.3 Å². The van der Waals surface area contributed by atoms with Crippen molar-refractivity contribution in [3.63, 3.8) is 0 Å². The van der Waals surface area contributed by atoms with E-state index in [1.165, 1.54) is 5.56 Å². The van der Waals surface area contributed by atoms with Crippen LogP contribution in [0.2, 0.25) is 0 Å². The van der Waals surface area contributed by atoms with Crippen molar-refractivity contribution in [2.45, 2.75) is 39.8 Å². The van der Waals surface area contributed by atoms with Gasteiger partial charge in [0.1, 0.15) is 18.1 Å². The zero-order valence-corrected chi connectivity index (χ0v) is 14.4. The fraction of sp³-hybridized carbons (Fsp3) is 0.350. The summed E-state index contributed by atoms with van der Waals surface area (Å²) in [6, 6.07) is 13.5. The number of nitrogens with one attached hydrogen (secondary N) is 1. The highest BCUT2D eigenvalue weighted by Gasteiger charge is 2.09. The molecule has 2 rings (SSSR count). The number of hydrogen-bond acceptors (Lipinski definition) is 3. The largest absolute Gasteiger partial charge is 0.508 e. The molecule has 0 fully saturated rings. The lowest BCUT2D eigenvalue weighted by Crippen LogP contribution is -2.36. The fourth-order valence-corrected chi connectivity index (χ4v) is 2.12. The third kappa shape index (κ3) is 5.95. The molecular formula is C20H26NO2. The molecule has 0 atom stereocenters. The first-order valence-electron chi connectivity index (χ1n) is 7.93. The van der Waals surface area contributed by atoms with Gasteiger partial charge in [-0.1, -0.05) is 23.8 Å². The van der Waals surface area contributed by atoms with E-state index in [0.717, 1.165) is 23.4 Å². The van der Waals surface area contributed by atoms with Gasteiger partial charge in [-0.3, -0.25) is 0 Å². The molecular weight excluding hydrogens is 286 g/mol. The lowest BCUT2D eigenvalue weighted by Gasteiger charge is -2.20. The molecule has 0 aliphatic rings. The monoisotopic (exact) mass is 312 g/mol. The third-order valence-electron chi connectivity index (χ3n) is 3.49. The Hall–Kier alpha value is -2.00. The second kappa shape index (κ2) is 7.51. The minimum Gasteiger partial charge on any atom is -0.508 e. The molecule has 0 amide bonds. The maximum Gasteiger partial charge on any atom is 0.122 e. The molecule has 3 nitrogen and oxygen atoms in total. The van der Waals surface area contributed by atoms with Crippen LogP contribution < -0.4 is 10.1 Å². The van der Waals surface area contributed by atoms with Crippen LogP contribution in [-0.2, 0) is 6.61 Å². The number of aromatic hydroxyl groups is 1. The minimum absolute atomic E-state index is 0.0881. The van der Waals surface area contributed by atoms with E-state index in [0.29, 0.717) is 6.61 Å². The molecule has 1 radical (unpaired) electrons. The Balaban J connectivity index is 1.95. The molecule has 0 aromatic heterocycles. The summed E-state index contributed by atoms with van der Waals surface area (Å²) in [5.41, 5.74) is 3.14. The van der Waals surface area contributed by atoms with Gasteiger partial charge in [0, 0.05) is 24.1 Å². The van der Waals surface area contributed by atoms with Crippen LogP contribution in [-0.4, -0.2) is 17.2 Å². The Kier molecular flexibility index (Phi) is 5.67. The van der Waals surface area contributed by atoms with Gasteiger partial charge in [-0.05, 0) is 57.5 Å². The standard InChI is InChI=1S/C20H26NO2/c1-15-5-8-18(9-6-15)23-14-17-13-16(7-10-19(17)22)11-12-21-20(2,3)4/h5-11,13,21-22H,12,14H2,1-4H3. The summed E-state index contributed by atoms with van der Waals surface area (Å²) in [4.78, 5) is 0. The summed E-state index contributed by atoms with van der Waals surface area (Å²) < 4.78 is 5.75. The van der Waals surface area contributed by atoms with Crippen molar-refractivity contribution in [1.82, 2.24) is 5.32 Å².